The fraction of sp³-hybridized carbons (Fsp3) is 0.941. The molecule has 1 saturated heterocycles. The summed E-state index contributed by atoms with van der Waals surface area (Å²) in [4.78, 5) is 6.84. The second-order valence-corrected chi connectivity index (χ2v) is 6.63. The highest BCUT2D eigenvalue weighted by Gasteiger charge is 2.21. The van der Waals surface area contributed by atoms with Crippen LogP contribution in [0.15, 0.2) is 4.99 Å². The maximum atomic E-state index is 5.61. The van der Waals surface area contributed by atoms with Crippen LogP contribution in [0, 0.1) is 11.8 Å². The van der Waals surface area contributed by atoms with Gasteiger partial charge in [-0.25, -0.2) is 0 Å². The van der Waals surface area contributed by atoms with E-state index in [0.717, 1.165) is 44.6 Å². The van der Waals surface area contributed by atoms with Gasteiger partial charge in [0.05, 0.1) is 6.61 Å². The predicted molar refractivity (Wildman–Crippen MR) is 94.5 cm³/mol. The second kappa shape index (κ2) is 11.7. The number of aliphatic imine (C=N–C) groups is 1. The van der Waals surface area contributed by atoms with Gasteiger partial charge in [0.25, 0.3) is 0 Å². The molecule has 5 nitrogen and oxygen atoms in total. The molecule has 1 aliphatic rings. The molecule has 0 aliphatic carbocycles. The molecule has 1 fully saturated rings. The van der Waals surface area contributed by atoms with E-state index in [9.17, 15) is 0 Å². The number of nitrogens with one attached hydrogen (secondary N) is 2. The summed E-state index contributed by atoms with van der Waals surface area (Å²) < 4.78 is 5.61. The molecule has 0 amide bonds. The average Bonchev–Trinajstić information content (AvgIpc) is 2.93. The molecule has 1 aliphatic heterocycles. The van der Waals surface area contributed by atoms with E-state index in [1.165, 1.54) is 32.5 Å². The van der Waals surface area contributed by atoms with Crippen LogP contribution in [0.5, 0.6) is 0 Å². The molecule has 1 heterocycles. The van der Waals surface area contributed by atoms with Crippen LogP contribution in [0.2, 0.25) is 0 Å². The van der Waals surface area contributed by atoms with Gasteiger partial charge in [0, 0.05) is 33.3 Å². The summed E-state index contributed by atoms with van der Waals surface area (Å²) in [6, 6.07) is 0. The Bertz CT molecular complexity index is 307. The fourth-order valence-corrected chi connectivity index (χ4v) is 2.72. The zero-order valence-electron chi connectivity index (χ0n) is 15.0. The monoisotopic (exact) mass is 312 g/mol. The van der Waals surface area contributed by atoms with Gasteiger partial charge in [-0.3, -0.25) is 4.99 Å². The molecule has 1 atom stereocenters. The lowest BCUT2D eigenvalue weighted by Gasteiger charge is -2.17. The van der Waals surface area contributed by atoms with Crippen molar-refractivity contribution in [1.29, 1.82) is 0 Å². The molecular formula is C17H36N4O. The molecule has 130 valence electrons. The molecule has 0 aromatic heterocycles. The summed E-state index contributed by atoms with van der Waals surface area (Å²) in [7, 11) is 1.83. The second-order valence-electron chi connectivity index (χ2n) is 6.63. The minimum absolute atomic E-state index is 0.709. The molecule has 0 aromatic rings. The molecule has 0 saturated carbocycles. The van der Waals surface area contributed by atoms with Gasteiger partial charge in [0.15, 0.2) is 5.96 Å². The van der Waals surface area contributed by atoms with E-state index in [4.69, 9.17) is 4.74 Å². The van der Waals surface area contributed by atoms with E-state index in [2.05, 4.69) is 41.3 Å². The van der Waals surface area contributed by atoms with Crippen molar-refractivity contribution in [1.82, 2.24) is 15.5 Å². The number of ether oxygens (including phenoxy) is 1. The smallest absolute Gasteiger partial charge is 0.191 e. The molecule has 0 radical (unpaired) electrons. The minimum atomic E-state index is 0.709. The number of rotatable bonds is 10. The van der Waals surface area contributed by atoms with Gasteiger partial charge in [-0.15, -0.1) is 0 Å². The lowest BCUT2D eigenvalue weighted by atomic mass is 10.1. The Kier molecular flexibility index (Phi) is 10.2. The zero-order chi connectivity index (χ0) is 16.2. The lowest BCUT2D eigenvalue weighted by molar-refractivity contribution is 0.128. The summed E-state index contributed by atoms with van der Waals surface area (Å²) in [5.41, 5.74) is 0. The summed E-state index contributed by atoms with van der Waals surface area (Å²) in [5, 5.41) is 6.76. The van der Waals surface area contributed by atoms with Crippen LogP contribution < -0.4 is 10.6 Å². The van der Waals surface area contributed by atoms with Gasteiger partial charge in [-0.05, 0) is 44.2 Å². The van der Waals surface area contributed by atoms with E-state index in [1.54, 1.807) is 0 Å². The molecule has 1 rings (SSSR count). The van der Waals surface area contributed by atoms with E-state index in [-0.39, 0.29) is 0 Å². The standard InChI is InChI=1S/C17H36N4O/c1-5-9-21-10-6-16(14-21)13-20-17(18-4)19-8-12-22-11-7-15(2)3/h15-16H,5-14H2,1-4H3,(H2,18,19,20). The summed E-state index contributed by atoms with van der Waals surface area (Å²) in [5.74, 6) is 2.34. The highest BCUT2D eigenvalue weighted by molar-refractivity contribution is 5.79. The van der Waals surface area contributed by atoms with Gasteiger partial charge in [0.2, 0.25) is 0 Å². The first-order chi connectivity index (χ1) is 10.7. The highest BCUT2D eigenvalue weighted by atomic mass is 16.5. The Morgan fingerprint density at radius 2 is 2.14 bits per heavy atom. The summed E-state index contributed by atoms with van der Waals surface area (Å²) >= 11 is 0. The Labute approximate surface area is 136 Å². The molecular weight excluding hydrogens is 276 g/mol. The lowest BCUT2D eigenvalue weighted by Crippen LogP contribution is -2.41. The fourth-order valence-electron chi connectivity index (χ4n) is 2.72. The summed E-state index contributed by atoms with van der Waals surface area (Å²) in [6.45, 7) is 13.8. The Hall–Kier alpha value is -0.810. The van der Waals surface area contributed by atoms with Gasteiger partial charge >= 0.3 is 0 Å². The minimum Gasteiger partial charge on any atom is -0.380 e. The van der Waals surface area contributed by atoms with Crippen molar-refractivity contribution in [2.75, 3.05) is 53.0 Å². The van der Waals surface area contributed by atoms with Gasteiger partial charge < -0.3 is 20.3 Å². The van der Waals surface area contributed by atoms with Crippen LogP contribution in [-0.2, 0) is 4.74 Å². The van der Waals surface area contributed by atoms with Crippen molar-refractivity contribution in [3.05, 3.63) is 0 Å². The van der Waals surface area contributed by atoms with E-state index >= 15 is 0 Å². The number of likely N-dealkylation sites (tertiary alicyclic amines) is 1. The normalized spacial score (nSPS) is 19.9. The average molecular weight is 313 g/mol. The molecule has 5 heteroatoms. The zero-order valence-corrected chi connectivity index (χ0v) is 15.0. The summed E-state index contributed by atoms with van der Waals surface area (Å²) in [6.07, 6.45) is 3.67. The SMILES string of the molecule is CCCN1CCC(CNC(=NC)NCCOCCC(C)C)C1. The van der Waals surface area contributed by atoms with Crippen LogP contribution in [-0.4, -0.2) is 63.8 Å². The third-order valence-corrected chi connectivity index (χ3v) is 4.07. The number of hydrogen-bond donors (Lipinski definition) is 2. The van der Waals surface area contributed by atoms with Crippen LogP contribution in [0.25, 0.3) is 0 Å². The Morgan fingerprint density at radius 3 is 2.82 bits per heavy atom. The van der Waals surface area contributed by atoms with Crippen molar-refractivity contribution in [2.45, 2.75) is 40.0 Å². The van der Waals surface area contributed by atoms with Crippen molar-refractivity contribution in [3.8, 4) is 0 Å². The first kappa shape index (κ1) is 19.2. The Morgan fingerprint density at radius 1 is 1.32 bits per heavy atom. The first-order valence-electron chi connectivity index (χ1n) is 8.90. The highest BCUT2D eigenvalue weighted by Crippen LogP contribution is 2.15. The van der Waals surface area contributed by atoms with E-state index in [0.29, 0.717) is 5.92 Å². The first-order valence-corrected chi connectivity index (χ1v) is 8.90. The van der Waals surface area contributed by atoms with Gasteiger partial charge in [-0.1, -0.05) is 20.8 Å². The predicted octanol–water partition coefficient (Wildman–Crippen LogP) is 1.95. The Balaban J connectivity index is 2.05. The van der Waals surface area contributed by atoms with Gasteiger partial charge in [0.1, 0.15) is 0 Å². The van der Waals surface area contributed by atoms with Crippen molar-refractivity contribution in [3.63, 3.8) is 0 Å². The number of guanidine groups is 1. The number of hydrogen-bond acceptors (Lipinski definition) is 3. The maximum Gasteiger partial charge on any atom is 0.191 e. The van der Waals surface area contributed by atoms with E-state index in [1.807, 2.05) is 7.05 Å². The van der Waals surface area contributed by atoms with Crippen molar-refractivity contribution >= 4 is 5.96 Å². The quantitative estimate of drug-likeness (QED) is 0.368. The molecule has 22 heavy (non-hydrogen) atoms. The third-order valence-electron chi connectivity index (χ3n) is 4.07. The number of nitrogens with zero attached hydrogens (tertiary/aromatic N) is 2. The molecule has 1 unspecified atom stereocenters. The van der Waals surface area contributed by atoms with Crippen LogP contribution in [0.1, 0.15) is 40.0 Å². The van der Waals surface area contributed by atoms with Gasteiger partial charge in [-0.2, -0.15) is 0 Å². The topological polar surface area (TPSA) is 48.9 Å². The van der Waals surface area contributed by atoms with Crippen LogP contribution >= 0.6 is 0 Å². The van der Waals surface area contributed by atoms with Crippen LogP contribution in [0.3, 0.4) is 0 Å². The largest absolute Gasteiger partial charge is 0.380 e. The van der Waals surface area contributed by atoms with Crippen LogP contribution in [0.4, 0.5) is 0 Å². The molecule has 0 spiro atoms. The van der Waals surface area contributed by atoms with Crippen molar-refractivity contribution in [2.24, 2.45) is 16.8 Å². The maximum absolute atomic E-state index is 5.61. The van der Waals surface area contributed by atoms with Crippen molar-refractivity contribution < 1.29 is 4.74 Å². The third kappa shape index (κ3) is 8.59. The van der Waals surface area contributed by atoms with E-state index < -0.39 is 0 Å². The molecule has 0 aromatic carbocycles. The molecule has 2 N–H and O–H groups in total. The molecule has 0 bridgehead atoms.